The van der Waals surface area contributed by atoms with Crippen molar-refractivity contribution in [2.75, 3.05) is 38.2 Å². The molecule has 2 aromatic carbocycles. The topological polar surface area (TPSA) is 15.7 Å². The molecule has 1 saturated heterocycles. The third-order valence-corrected chi connectivity index (χ3v) is 5.86. The average Bonchev–Trinajstić information content (AvgIpc) is 2.69. The van der Waals surface area contributed by atoms with E-state index in [0.29, 0.717) is 6.04 Å². The van der Waals surface area contributed by atoms with E-state index in [1.807, 2.05) is 0 Å². The Balaban J connectivity index is 1.50. The van der Waals surface area contributed by atoms with E-state index >= 15 is 0 Å². The molecular weight excluding hydrogens is 320 g/mol. The maximum absolute atomic E-state index is 5.24. The Hall–Kier alpha value is -2.00. The summed E-state index contributed by atoms with van der Waals surface area (Å²) in [5.74, 6) is 0.935. The summed E-state index contributed by atoms with van der Waals surface area (Å²) in [6.07, 6.45) is 2.33. The lowest BCUT2D eigenvalue weighted by atomic mass is 10.0. The number of rotatable bonds is 6. The van der Waals surface area contributed by atoms with E-state index < -0.39 is 0 Å². The largest absolute Gasteiger partial charge is 0.497 e. The van der Waals surface area contributed by atoms with Gasteiger partial charge in [0.25, 0.3) is 0 Å². The maximum Gasteiger partial charge on any atom is 0.118 e. The van der Waals surface area contributed by atoms with Crippen LogP contribution in [0.2, 0.25) is 0 Å². The Kier molecular flexibility index (Phi) is 6.20. The summed E-state index contributed by atoms with van der Waals surface area (Å²) in [4.78, 5) is 5.19. The zero-order valence-corrected chi connectivity index (χ0v) is 16.7. The highest BCUT2D eigenvalue weighted by Crippen LogP contribution is 2.24. The van der Waals surface area contributed by atoms with E-state index in [-0.39, 0.29) is 0 Å². The molecule has 3 nitrogen and oxygen atoms in total. The minimum atomic E-state index is 0.623. The highest BCUT2D eigenvalue weighted by atomic mass is 16.5. The van der Waals surface area contributed by atoms with Crippen molar-refractivity contribution in [1.29, 1.82) is 0 Å². The second-order valence-electron chi connectivity index (χ2n) is 7.48. The van der Waals surface area contributed by atoms with Gasteiger partial charge < -0.3 is 9.64 Å². The van der Waals surface area contributed by atoms with Gasteiger partial charge in [-0.05, 0) is 68.5 Å². The van der Waals surface area contributed by atoms with Crippen molar-refractivity contribution < 1.29 is 4.74 Å². The predicted octanol–water partition coefficient (Wildman–Crippen LogP) is 4.46. The minimum Gasteiger partial charge on any atom is -0.497 e. The van der Waals surface area contributed by atoms with Gasteiger partial charge in [-0.3, -0.25) is 4.90 Å². The summed E-state index contributed by atoms with van der Waals surface area (Å²) < 4.78 is 5.24. The van der Waals surface area contributed by atoms with Gasteiger partial charge in [0, 0.05) is 37.9 Å². The van der Waals surface area contributed by atoms with Crippen molar-refractivity contribution in [3.05, 3.63) is 59.2 Å². The maximum atomic E-state index is 5.24. The van der Waals surface area contributed by atoms with E-state index in [1.54, 1.807) is 7.11 Å². The monoisotopic (exact) mass is 352 g/mol. The lowest BCUT2D eigenvalue weighted by Gasteiger charge is -2.40. The van der Waals surface area contributed by atoms with Gasteiger partial charge in [0.2, 0.25) is 0 Å². The van der Waals surface area contributed by atoms with Crippen LogP contribution in [0.3, 0.4) is 0 Å². The van der Waals surface area contributed by atoms with Crippen LogP contribution < -0.4 is 9.64 Å². The van der Waals surface area contributed by atoms with Gasteiger partial charge in [0.1, 0.15) is 5.75 Å². The van der Waals surface area contributed by atoms with Crippen LogP contribution in [0.5, 0.6) is 5.75 Å². The number of hydrogen-bond donors (Lipinski definition) is 0. The molecular formula is C23H32N2O. The van der Waals surface area contributed by atoms with E-state index in [9.17, 15) is 0 Å². The van der Waals surface area contributed by atoms with Crippen LogP contribution in [-0.2, 0) is 6.42 Å². The second kappa shape index (κ2) is 8.59. The smallest absolute Gasteiger partial charge is 0.118 e. The molecule has 0 spiro atoms. The standard InChI is InChI=1S/C23H32N2O/c1-18-6-5-7-23(20(18)3)25-16-14-24(15-17-25)19(2)8-9-21-10-12-22(26-4)13-11-21/h5-7,10-13,19H,8-9,14-17H2,1-4H3. The number of hydrogen-bond acceptors (Lipinski definition) is 3. The summed E-state index contributed by atoms with van der Waals surface area (Å²) >= 11 is 0. The zero-order chi connectivity index (χ0) is 18.5. The minimum absolute atomic E-state index is 0.623. The summed E-state index contributed by atoms with van der Waals surface area (Å²) in [6.45, 7) is 11.4. The molecule has 0 N–H and O–H groups in total. The summed E-state index contributed by atoms with van der Waals surface area (Å²) in [5, 5.41) is 0. The lowest BCUT2D eigenvalue weighted by molar-refractivity contribution is 0.188. The predicted molar refractivity (Wildman–Crippen MR) is 110 cm³/mol. The number of anilines is 1. The Morgan fingerprint density at radius 2 is 1.65 bits per heavy atom. The third-order valence-electron chi connectivity index (χ3n) is 5.86. The van der Waals surface area contributed by atoms with Crippen molar-refractivity contribution in [3.8, 4) is 5.75 Å². The van der Waals surface area contributed by atoms with E-state index in [0.717, 1.165) is 38.3 Å². The number of benzene rings is 2. The van der Waals surface area contributed by atoms with Gasteiger partial charge in [-0.2, -0.15) is 0 Å². The Morgan fingerprint density at radius 1 is 0.962 bits per heavy atom. The fourth-order valence-corrected chi connectivity index (χ4v) is 3.83. The van der Waals surface area contributed by atoms with Crippen molar-refractivity contribution in [1.82, 2.24) is 4.90 Å². The molecule has 3 heteroatoms. The van der Waals surface area contributed by atoms with Crippen LogP contribution in [0.25, 0.3) is 0 Å². The van der Waals surface area contributed by atoms with Crippen LogP contribution in [0, 0.1) is 13.8 Å². The highest BCUT2D eigenvalue weighted by Gasteiger charge is 2.22. The molecule has 1 aliphatic rings. The second-order valence-corrected chi connectivity index (χ2v) is 7.48. The SMILES string of the molecule is COc1ccc(CCC(C)N2CCN(c3cccc(C)c3C)CC2)cc1. The molecule has 26 heavy (non-hydrogen) atoms. The molecule has 0 amide bonds. The molecule has 1 atom stereocenters. The molecule has 140 valence electrons. The lowest BCUT2D eigenvalue weighted by Crippen LogP contribution is -2.50. The van der Waals surface area contributed by atoms with Crippen LogP contribution in [0.15, 0.2) is 42.5 Å². The van der Waals surface area contributed by atoms with Gasteiger partial charge in [-0.15, -0.1) is 0 Å². The summed E-state index contributed by atoms with van der Waals surface area (Å²) in [6, 6.07) is 15.8. The number of aryl methyl sites for hydroxylation is 2. The van der Waals surface area contributed by atoms with Crippen LogP contribution in [0.1, 0.15) is 30.0 Å². The van der Waals surface area contributed by atoms with Gasteiger partial charge in [-0.25, -0.2) is 0 Å². The molecule has 1 fully saturated rings. The van der Waals surface area contributed by atoms with Gasteiger partial charge >= 0.3 is 0 Å². The molecule has 1 heterocycles. The zero-order valence-electron chi connectivity index (χ0n) is 16.7. The van der Waals surface area contributed by atoms with Gasteiger partial charge in [-0.1, -0.05) is 24.3 Å². The molecule has 0 aliphatic carbocycles. The molecule has 0 radical (unpaired) electrons. The van der Waals surface area contributed by atoms with Gasteiger partial charge in [0.05, 0.1) is 7.11 Å². The number of methoxy groups -OCH3 is 1. The number of nitrogens with zero attached hydrogens (tertiary/aromatic N) is 2. The first-order valence-corrected chi connectivity index (χ1v) is 9.76. The van der Waals surface area contributed by atoms with Gasteiger partial charge in [0.15, 0.2) is 0 Å². The summed E-state index contributed by atoms with van der Waals surface area (Å²) in [7, 11) is 1.72. The highest BCUT2D eigenvalue weighted by molar-refractivity contribution is 5.56. The molecule has 0 saturated carbocycles. The number of piperazine rings is 1. The normalized spacial score (nSPS) is 16.5. The third kappa shape index (κ3) is 4.39. The quantitative estimate of drug-likeness (QED) is 0.764. The van der Waals surface area contributed by atoms with Crippen LogP contribution >= 0.6 is 0 Å². The Labute approximate surface area is 158 Å². The number of ether oxygens (including phenoxy) is 1. The molecule has 1 aliphatic heterocycles. The molecule has 0 aromatic heterocycles. The van der Waals surface area contributed by atoms with E-state index in [1.165, 1.54) is 28.8 Å². The van der Waals surface area contributed by atoms with Crippen LogP contribution in [0.4, 0.5) is 5.69 Å². The van der Waals surface area contributed by atoms with E-state index in [4.69, 9.17) is 4.74 Å². The van der Waals surface area contributed by atoms with Crippen molar-refractivity contribution >= 4 is 5.69 Å². The molecule has 2 aromatic rings. The Morgan fingerprint density at radius 3 is 2.31 bits per heavy atom. The Bertz CT molecular complexity index is 703. The first kappa shape index (κ1) is 18.8. The first-order chi connectivity index (χ1) is 12.6. The molecule has 3 rings (SSSR count). The fourth-order valence-electron chi connectivity index (χ4n) is 3.83. The van der Waals surface area contributed by atoms with Crippen molar-refractivity contribution in [2.45, 2.75) is 39.7 Å². The van der Waals surface area contributed by atoms with E-state index in [2.05, 4.69) is 73.0 Å². The first-order valence-electron chi connectivity index (χ1n) is 9.76. The molecule has 1 unspecified atom stereocenters. The summed E-state index contributed by atoms with van der Waals surface area (Å²) in [5.41, 5.74) is 5.62. The average molecular weight is 353 g/mol. The fraction of sp³-hybridized carbons (Fsp3) is 0.478. The van der Waals surface area contributed by atoms with Crippen LogP contribution in [-0.4, -0.2) is 44.2 Å². The molecule has 0 bridgehead atoms. The van der Waals surface area contributed by atoms with Crippen molar-refractivity contribution in [3.63, 3.8) is 0 Å². The van der Waals surface area contributed by atoms with Crippen molar-refractivity contribution in [2.24, 2.45) is 0 Å².